The van der Waals surface area contributed by atoms with Gasteiger partial charge in [0.1, 0.15) is 0 Å². The first-order chi connectivity index (χ1) is 9.53. The van der Waals surface area contributed by atoms with E-state index in [0.717, 1.165) is 22.9 Å². The van der Waals surface area contributed by atoms with Crippen molar-refractivity contribution in [1.29, 1.82) is 0 Å². The van der Waals surface area contributed by atoms with E-state index in [4.69, 9.17) is 5.73 Å². The van der Waals surface area contributed by atoms with Gasteiger partial charge in [0.15, 0.2) is 0 Å². The summed E-state index contributed by atoms with van der Waals surface area (Å²) >= 11 is 3.46. The average molecular weight is 337 g/mol. The number of rotatable bonds is 3. The predicted molar refractivity (Wildman–Crippen MR) is 78.9 cm³/mol. The molecule has 1 aromatic carbocycles. The lowest BCUT2D eigenvalue weighted by atomic mass is 9.94. The van der Waals surface area contributed by atoms with Crippen LogP contribution in [0.25, 0.3) is 0 Å². The van der Waals surface area contributed by atoms with Crippen LogP contribution in [-0.2, 0) is 15.0 Å². The quantitative estimate of drug-likeness (QED) is 0.914. The highest BCUT2D eigenvalue weighted by molar-refractivity contribution is 9.10. The third-order valence-corrected chi connectivity index (χ3v) is 4.91. The van der Waals surface area contributed by atoms with Gasteiger partial charge in [0, 0.05) is 17.6 Å². The van der Waals surface area contributed by atoms with Gasteiger partial charge in [-0.2, -0.15) is 0 Å². The molecule has 0 unspecified atom stereocenters. The van der Waals surface area contributed by atoms with Crippen LogP contribution in [-0.4, -0.2) is 29.8 Å². The number of halogens is 1. The number of likely N-dealkylation sites (tertiary alicyclic amines) is 1. The Kier molecular flexibility index (Phi) is 3.32. The normalized spacial score (nSPS) is 23.6. The summed E-state index contributed by atoms with van der Waals surface area (Å²) in [4.78, 5) is 25.8. The fraction of sp³-hybridized carbons (Fsp3) is 0.467. The lowest BCUT2D eigenvalue weighted by molar-refractivity contribution is -0.133. The largest absolute Gasteiger partial charge is 0.369 e. The van der Waals surface area contributed by atoms with Gasteiger partial charge in [-0.1, -0.05) is 28.1 Å². The third-order valence-electron chi connectivity index (χ3n) is 4.41. The summed E-state index contributed by atoms with van der Waals surface area (Å²) in [6.45, 7) is 1.12. The van der Waals surface area contributed by atoms with Crippen LogP contribution in [0.15, 0.2) is 28.7 Å². The number of carbonyl (C=O) groups is 2. The molecule has 0 bridgehead atoms. The van der Waals surface area contributed by atoms with E-state index in [-0.39, 0.29) is 23.1 Å². The molecule has 2 fully saturated rings. The van der Waals surface area contributed by atoms with E-state index >= 15 is 0 Å². The summed E-state index contributed by atoms with van der Waals surface area (Å²) in [7, 11) is 0. The van der Waals surface area contributed by atoms with Crippen molar-refractivity contribution in [3.8, 4) is 0 Å². The van der Waals surface area contributed by atoms with Gasteiger partial charge < -0.3 is 10.6 Å². The molecule has 2 amide bonds. The molecule has 1 aliphatic carbocycles. The van der Waals surface area contributed by atoms with Gasteiger partial charge in [-0.3, -0.25) is 9.59 Å². The molecule has 20 heavy (non-hydrogen) atoms. The van der Waals surface area contributed by atoms with E-state index in [0.29, 0.717) is 19.5 Å². The number of nitrogens with zero attached hydrogens (tertiary/aromatic N) is 1. The van der Waals surface area contributed by atoms with Crippen LogP contribution in [0.4, 0.5) is 0 Å². The van der Waals surface area contributed by atoms with Crippen molar-refractivity contribution in [2.24, 2.45) is 11.7 Å². The molecule has 1 heterocycles. The number of amides is 2. The number of primary amides is 1. The summed E-state index contributed by atoms with van der Waals surface area (Å²) in [5.74, 6) is -0.329. The monoisotopic (exact) mass is 336 g/mol. The van der Waals surface area contributed by atoms with Gasteiger partial charge in [-0.15, -0.1) is 0 Å². The van der Waals surface area contributed by atoms with Crippen molar-refractivity contribution < 1.29 is 9.59 Å². The molecule has 0 radical (unpaired) electrons. The number of hydrogen-bond acceptors (Lipinski definition) is 2. The summed E-state index contributed by atoms with van der Waals surface area (Å²) in [6, 6.07) is 7.95. The Morgan fingerprint density at radius 1 is 1.35 bits per heavy atom. The fourth-order valence-corrected chi connectivity index (χ4v) is 3.42. The lowest BCUT2D eigenvalue weighted by Gasteiger charge is -2.23. The van der Waals surface area contributed by atoms with Gasteiger partial charge in [-0.25, -0.2) is 0 Å². The van der Waals surface area contributed by atoms with Crippen LogP contribution < -0.4 is 5.73 Å². The van der Waals surface area contributed by atoms with E-state index < -0.39 is 0 Å². The smallest absolute Gasteiger partial charge is 0.233 e. The van der Waals surface area contributed by atoms with Crippen LogP contribution in [0, 0.1) is 5.92 Å². The zero-order chi connectivity index (χ0) is 14.3. The first-order valence-electron chi connectivity index (χ1n) is 6.88. The zero-order valence-corrected chi connectivity index (χ0v) is 12.7. The first kappa shape index (κ1) is 13.6. The highest BCUT2D eigenvalue weighted by atomic mass is 79.9. The Hall–Kier alpha value is -1.36. The topological polar surface area (TPSA) is 63.4 Å². The standard InChI is InChI=1S/C15H17BrN2O2/c16-12-3-1-2-11(8-12)15(5-6-15)14(20)18-7-4-10(9-18)13(17)19/h1-3,8,10H,4-7,9H2,(H2,17,19)/t10-/m1/s1. The van der Waals surface area contributed by atoms with Crippen LogP contribution in [0.2, 0.25) is 0 Å². The number of nitrogens with two attached hydrogens (primary N) is 1. The number of hydrogen-bond donors (Lipinski definition) is 1. The number of benzene rings is 1. The second kappa shape index (κ2) is 4.88. The van der Waals surface area contributed by atoms with E-state index in [9.17, 15) is 9.59 Å². The molecule has 1 saturated heterocycles. The molecule has 5 heteroatoms. The van der Waals surface area contributed by atoms with Crippen LogP contribution in [0.1, 0.15) is 24.8 Å². The van der Waals surface area contributed by atoms with Crippen molar-refractivity contribution in [1.82, 2.24) is 4.90 Å². The second-order valence-electron chi connectivity index (χ2n) is 5.73. The van der Waals surface area contributed by atoms with Gasteiger partial charge in [0.05, 0.1) is 11.3 Å². The van der Waals surface area contributed by atoms with Crippen molar-refractivity contribution >= 4 is 27.7 Å². The minimum absolute atomic E-state index is 0.152. The fourth-order valence-electron chi connectivity index (χ4n) is 3.02. The molecule has 1 aromatic rings. The summed E-state index contributed by atoms with van der Waals surface area (Å²) in [5.41, 5.74) is 6.04. The maximum absolute atomic E-state index is 12.8. The molecule has 2 N–H and O–H groups in total. The van der Waals surface area contributed by atoms with Gasteiger partial charge in [-0.05, 0) is 37.0 Å². The summed E-state index contributed by atoms with van der Waals surface area (Å²) in [5, 5.41) is 0. The molecular formula is C15H17BrN2O2. The highest BCUT2D eigenvalue weighted by Gasteiger charge is 2.53. The molecule has 1 saturated carbocycles. The van der Waals surface area contributed by atoms with E-state index in [2.05, 4.69) is 15.9 Å². The Morgan fingerprint density at radius 3 is 2.65 bits per heavy atom. The van der Waals surface area contributed by atoms with E-state index in [1.165, 1.54) is 0 Å². The Labute approximate surface area is 126 Å². The molecule has 3 rings (SSSR count). The SMILES string of the molecule is NC(=O)[C@@H]1CCN(C(=O)C2(c3cccc(Br)c3)CC2)C1. The van der Waals surface area contributed by atoms with Crippen molar-refractivity contribution in [2.45, 2.75) is 24.7 Å². The highest BCUT2D eigenvalue weighted by Crippen LogP contribution is 2.50. The predicted octanol–water partition coefficient (Wildman–Crippen LogP) is 1.81. The molecule has 2 aliphatic rings. The van der Waals surface area contributed by atoms with Crippen LogP contribution in [0.3, 0.4) is 0 Å². The zero-order valence-electron chi connectivity index (χ0n) is 11.1. The van der Waals surface area contributed by atoms with E-state index in [1.807, 2.05) is 29.2 Å². The first-order valence-corrected chi connectivity index (χ1v) is 7.67. The molecular weight excluding hydrogens is 320 g/mol. The van der Waals surface area contributed by atoms with Gasteiger partial charge in [0.25, 0.3) is 0 Å². The van der Waals surface area contributed by atoms with Crippen molar-refractivity contribution in [3.05, 3.63) is 34.3 Å². The second-order valence-corrected chi connectivity index (χ2v) is 6.65. The van der Waals surface area contributed by atoms with Crippen molar-refractivity contribution in [2.75, 3.05) is 13.1 Å². The summed E-state index contributed by atoms with van der Waals surface area (Å²) < 4.78 is 0.991. The van der Waals surface area contributed by atoms with Gasteiger partial charge >= 0.3 is 0 Å². The molecule has 1 atom stereocenters. The minimum Gasteiger partial charge on any atom is -0.369 e. The molecule has 1 aliphatic heterocycles. The maximum Gasteiger partial charge on any atom is 0.233 e. The Morgan fingerprint density at radius 2 is 2.10 bits per heavy atom. The molecule has 0 spiro atoms. The minimum atomic E-state index is -0.365. The molecule has 0 aromatic heterocycles. The third kappa shape index (κ3) is 2.24. The van der Waals surface area contributed by atoms with Crippen LogP contribution in [0.5, 0.6) is 0 Å². The van der Waals surface area contributed by atoms with E-state index in [1.54, 1.807) is 0 Å². The van der Waals surface area contributed by atoms with Crippen LogP contribution >= 0.6 is 15.9 Å². The average Bonchev–Trinajstić information content (AvgIpc) is 3.08. The molecule has 4 nitrogen and oxygen atoms in total. The number of carbonyl (C=O) groups excluding carboxylic acids is 2. The van der Waals surface area contributed by atoms with Crippen molar-refractivity contribution in [3.63, 3.8) is 0 Å². The molecule has 106 valence electrons. The maximum atomic E-state index is 12.8. The Balaban J connectivity index is 1.79. The summed E-state index contributed by atoms with van der Waals surface area (Å²) in [6.07, 6.45) is 2.47. The Bertz CT molecular complexity index is 569. The van der Waals surface area contributed by atoms with Gasteiger partial charge in [0.2, 0.25) is 11.8 Å². The lowest BCUT2D eigenvalue weighted by Crippen LogP contribution is -2.38.